The van der Waals surface area contributed by atoms with Gasteiger partial charge in [0.25, 0.3) is 0 Å². The zero-order chi connectivity index (χ0) is 13.8. The monoisotopic (exact) mass is 262 g/mol. The molecule has 2 rings (SSSR count). The Bertz CT molecular complexity index is 495. The van der Waals surface area contributed by atoms with Crippen LogP contribution in [0.4, 0.5) is 10.5 Å². The zero-order valence-corrected chi connectivity index (χ0v) is 10.9. The third-order valence-corrected chi connectivity index (χ3v) is 3.09. The lowest BCUT2D eigenvalue weighted by Crippen LogP contribution is -2.43. The van der Waals surface area contributed by atoms with Crippen molar-refractivity contribution in [1.29, 1.82) is 5.41 Å². The molecule has 1 aliphatic heterocycles. The summed E-state index contributed by atoms with van der Waals surface area (Å²) in [7, 11) is 0. The number of nitrogens with one attached hydrogen (secondary N) is 2. The number of nitrogen functional groups attached to an aromatic ring is 1. The molecule has 1 saturated heterocycles. The van der Waals surface area contributed by atoms with Crippen molar-refractivity contribution < 1.29 is 9.53 Å². The number of urea groups is 1. The summed E-state index contributed by atoms with van der Waals surface area (Å²) in [6, 6.07) is 5.18. The van der Waals surface area contributed by atoms with Crippen LogP contribution in [0.2, 0.25) is 0 Å². The Hall–Kier alpha value is -2.08. The highest BCUT2D eigenvalue weighted by Gasteiger charge is 2.17. The van der Waals surface area contributed by atoms with E-state index >= 15 is 0 Å². The molecule has 0 radical (unpaired) electrons. The molecule has 0 unspecified atom stereocenters. The van der Waals surface area contributed by atoms with Gasteiger partial charge in [0.2, 0.25) is 0 Å². The van der Waals surface area contributed by atoms with Gasteiger partial charge in [-0.25, -0.2) is 4.79 Å². The lowest BCUT2D eigenvalue weighted by Gasteiger charge is -2.27. The lowest BCUT2D eigenvalue weighted by molar-refractivity contribution is 0.0564. The predicted molar refractivity (Wildman–Crippen MR) is 73.6 cm³/mol. The maximum atomic E-state index is 12.1. The SMILES string of the molecule is Cc1ccc(C(=N)N)cc1NC(=O)N1CCOCC1. The molecule has 0 spiro atoms. The largest absolute Gasteiger partial charge is 0.384 e. The number of anilines is 1. The number of morpholine rings is 1. The molecule has 1 fully saturated rings. The van der Waals surface area contributed by atoms with Crippen LogP contribution in [-0.2, 0) is 4.74 Å². The van der Waals surface area contributed by atoms with Crippen LogP contribution in [0, 0.1) is 12.3 Å². The topological polar surface area (TPSA) is 91.4 Å². The molecule has 19 heavy (non-hydrogen) atoms. The van der Waals surface area contributed by atoms with Crippen molar-refractivity contribution in [2.24, 2.45) is 5.73 Å². The van der Waals surface area contributed by atoms with E-state index in [2.05, 4.69) is 5.32 Å². The molecule has 1 heterocycles. The Balaban J connectivity index is 2.11. The number of carbonyl (C=O) groups excluding carboxylic acids is 1. The zero-order valence-electron chi connectivity index (χ0n) is 10.9. The second kappa shape index (κ2) is 5.71. The Morgan fingerprint density at radius 2 is 2.11 bits per heavy atom. The van der Waals surface area contributed by atoms with Gasteiger partial charge >= 0.3 is 6.03 Å². The van der Waals surface area contributed by atoms with E-state index in [1.165, 1.54) is 0 Å². The van der Waals surface area contributed by atoms with Crippen molar-refractivity contribution in [3.05, 3.63) is 29.3 Å². The van der Waals surface area contributed by atoms with Gasteiger partial charge in [0.05, 0.1) is 13.2 Å². The molecule has 1 aromatic rings. The van der Waals surface area contributed by atoms with Gasteiger partial charge in [0.15, 0.2) is 0 Å². The first kappa shape index (κ1) is 13.4. The van der Waals surface area contributed by atoms with Gasteiger partial charge in [-0.05, 0) is 18.6 Å². The molecule has 0 bridgehead atoms. The van der Waals surface area contributed by atoms with E-state index in [0.717, 1.165) is 5.56 Å². The van der Waals surface area contributed by atoms with Gasteiger partial charge in [0.1, 0.15) is 5.84 Å². The minimum atomic E-state index is -0.146. The molecule has 6 heteroatoms. The summed E-state index contributed by atoms with van der Waals surface area (Å²) in [4.78, 5) is 13.8. The van der Waals surface area contributed by atoms with Crippen LogP contribution in [0.15, 0.2) is 18.2 Å². The highest BCUT2D eigenvalue weighted by Crippen LogP contribution is 2.17. The lowest BCUT2D eigenvalue weighted by atomic mass is 10.1. The first-order chi connectivity index (χ1) is 9.08. The van der Waals surface area contributed by atoms with Crippen LogP contribution in [-0.4, -0.2) is 43.1 Å². The molecule has 6 nitrogen and oxygen atoms in total. The highest BCUT2D eigenvalue weighted by atomic mass is 16.5. The molecule has 2 amide bonds. The maximum Gasteiger partial charge on any atom is 0.322 e. The van der Waals surface area contributed by atoms with E-state index in [0.29, 0.717) is 37.6 Å². The van der Waals surface area contributed by atoms with Crippen LogP contribution >= 0.6 is 0 Å². The van der Waals surface area contributed by atoms with E-state index in [-0.39, 0.29) is 11.9 Å². The highest BCUT2D eigenvalue weighted by molar-refractivity contribution is 5.97. The van der Waals surface area contributed by atoms with E-state index < -0.39 is 0 Å². The van der Waals surface area contributed by atoms with Crippen molar-refractivity contribution in [2.75, 3.05) is 31.6 Å². The smallest absolute Gasteiger partial charge is 0.322 e. The number of hydrogen-bond acceptors (Lipinski definition) is 3. The fourth-order valence-electron chi connectivity index (χ4n) is 1.88. The standard InChI is InChI=1S/C13H18N4O2/c1-9-2-3-10(12(14)15)8-11(9)16-13(18)17-4-6-19-7-5-17/h2-3,8H,4-7H2,1H3,(H3,14,15)(H,16,18). The third kappa shape index (κ3) is 3.23. The van der Waals surface area contributed by atoms with E-state index in [9.17, 15) is 4.79 Å². The number of amidine groups is 1. The van der Waals surface area contributed by atoms with Crippen molar-refractivity contribution >= 4 is 17.6 Å². The summed E-state index contributed by atoms with van der Waals surface area (Å²) >= 11 is 0. The molecular formula is C13H18N4O2. The van der Waals surface area contributed by atoms with Crippen molar-refractivity contribution in [2.45, 2.75) is 6.92 Å². The number of carbonyl (C=O) groups is 1. The number of amides is 2. The quantitative estimate of drug-likeness (QED) is 0.551. The Morgan fingerprint density at radius 1 is 1.42 bits per heavy atom. The molecule has 0 aromatic heterocycles. The molecule has 102 valence electrons. The number of aryl methyl sites for hydroxylation is 1. The van der Waals surface area contributed by atoms with Gasteiger partial charge < -0.3 is 20.7 Å². The molecule has 0 saturated carbocycles. The summed E-state index contributed by atoms with van der Waals surface area (Å²) in [6.45, 7) is 4.23. The van der Waals surface area contributed by atoms with E-state index in [4.69, 9.17) is 15.9 Å². The predicted octanol–water partition coefficient (Wildman–Crippen LogP) is 1.14. The maximum absolute atomic E-state index is 12.1. The van der Waals surface area contributed by atoms with Gasteiger partial charge in [0, 0.05) is 24.3 Å². The normalized spacial score (nSPS) is 15.1. The van der Waals surface area contributed by atoms with Gasteiger partial charge in [-0.2, -0.15) is 0 Å². The summed E-state index contributed by atoms with van der Waals surface area (Å²) in [5.74, 6) is -0.0122. The molecule has 1 aliphatic rings. The fourth-order valence-corrected chi connectivity index (χ4v) is 1.88. The van der Waals surface area contributed by atoms with Crippen molar-refractivity contribution in [3.63, 3.8) is 0 Å². The van der Waals surface area contributed by atoms with Crippen LogP contribution in [0.25, 0.3) is 0 Å². The second-order valence-electron chi connectivity index (χ2n) is 4.47. The average molecular weight is 262 g/mol. The molecule has 1 aromatic carbocycles. The van der Waals surface area contributed by atoms with Crippen molar-refractivity contribution in [3.8, 4) is 0 Å². The average Bonchev–Trinajstić information content (AvgIpc) is 2.42. The summed E-state index contributed by atoms with van der Waals surface area (Å²) in [5, 5.41) is 10.3. The number of rotatable bonds is 2. The summed E-state index contributed by atoms with van der Waals surface area (Å²) < 4.78 is 5.21. The summed E-state index contributed by atoms with van der Waals surface area (Å²) in [6.07, 6.45) is 0. The molecular weight excluding hydrogens is 244 g/mol. The number of nitrogens with zero attached hydrogens (tertiary/aromatic N) is 1. The third-order valence-electron chi connectivity index (χ3n) is 3.09. The Kier molecular flexibility index (Phi) is 4.01. The first-order valence-electron chi connectivity index (χ1n) is 6.16. The van der Waals surface area contributed by atoms with Gasteiger partial charge in [-0.3, -0.25) is 5.41 Å². The number of nitrogens with two attached hydrogens (primary N) is 1. The molecule has 0 atom stereocenters. The van der Waals surface area contributed by atoms with Crippen LogP contribution < -0.4 is 11.1 Å². The fraction of sp³-hybridized carbons (Fsp3) is 0.385. The van der Waals surface area contributed by atoms with Crippen molar-refractivity contribution in [1.82, 2.24) is 4.90 Å². The number of ether oxygens (including phenoxy) is 1. The van der Waals surface area contributed by atoms with Crippen LogP contribution in [0.1, 0.15) is 11.1 Å². The minimum absolute atomic E-state index is 0.0122. The van der Waals surface area contributed by atoms with E-state index in [1.54, 1.807) is 17.0 Å². The summed E-state index contributed by atoms with van der Waals surface area (Å²) in [5.41, 5.74) is 7.67. The van der Waals surface area contributed by atoms with E-state index in [1.807, 2.05) is 13.0 Å². The van der Waals surface area contributed by atoms with Crippen LogP contribution in [0.3, 0.4) is 0 Å². The van der Waals surface area contributed by atoms with Crippen LogP contribution in [0.5, 0.6) is 0 Å². The van der Waals surface area contributed by atoms with Gasteiger partial charge in [-0.15, -0.1) is 0 Å². The minimum Gasteiger partial charge on any atom is -0.384 e. The Morgan fingerprint density at radius 3 is 2.74 bits per heavy atom. The number of hydrogen-bond donors (Lipinski definition) is 3. The van der Waals surface area contributed by atoms with Gasteiger partial charge in [-0.1, -0.05) is 12.1 Å². The first-order valence-corrected chi connectivity index (χ1v) is 6.16. The molecule has 4 N–H and O–H groups in total. The number of benzene rings is 1. The second-order valence-corrected chi connectivity index (χ2v) is 4.47. The Labute approximate surface area is 112 Å². The molecule has 0 aliphatic carbocycles.